The molecule has 2 aromatic rings. The van der Waals surface area contributed by atoms with Crippen molar-refractivity contribution in [2.75, 3.05) is 13.6 Å². The smallest absolute Gasteiger partial charge is 0.337 e. The summed E-state index contributed by atoms with van der Waals surface area (Å²) in [5.41, 5.74) is 1.79. The van der Waals surface area contributed by atoms with Gasteiger partial charge >= 0.3 is 5.97 Å². The summed E-state index contributed by atoms with van der Waals surface area (Å²) in [6.45, 7) is 1.69. The molecular weight excluding hydrogens is 242 g/mol. The molecule has 1 N–H and O–H groups in total. The summed E-state index contributed by atoms with van der Waals surface area (Å²) >= 11 is 0. The highest BCUT2D eigenvalue weighted by Gasteiger charge is 2.25. The van der Waals surface area contributed by atoms with E-state index in [4.69, 9.17) is 0 Å². The van der Waals surface area contributed by atoms with Crippen LogP contribution in [0.2, 0.25) is 0 Å². The van der Waals surface area contributed by atoms with E-state index < -0.39 is 5.97 Å². The molecule has 5 nitrogen and oxygen atoms in total. The third-order valence-electron chi connectivity index (χ3n) is 3.73. The van der Waals surface area contributed by atoms with Crippen molar-refractivity contribution in [2.24, 2.45) is 0 Å². The lowest BCUT2D eigenvalue weighted by molar-refractivity contribution is 0.0698. The van der Waals surface area contributed by atoms with E-state index in [2.05, 4.69) is 16.9 Å². The Morgan fingerprint density at radius 2 is 2.32 bits per heavy atom. The molecule has 0 atom stereocenters. The monoisotopic (exact) mass is 259 g/mol. The standard InChI is InChI=1S/C14H17N3O2/c1-16(10-5-6-10)7-8-17-9-15-12-4-2-3-11(13(12)17)14(18)19/h2-4,9-10H,5-8H2,1H3,(H,18,19). The van der Waals surface area contributed by atoms with Crippen LogP contribution in [0.15, 0.2) is 24.5 Å². The molecule has 1 aromatic carbocycles. The summed E-state index contributed by atoms with van der Waals surface area (Å²) in [4.78, 5) is 17.9. The summed E-state index contributed by atoms with van der Waals surface area (Å²) in [6.07, 6.45) is 4.29. The van der Waals surface area contributed by atoms with Gasteiger partial charge in [-0.05, 0) is 32.0 Å². The second-order valence-corrected chi connectivity index (χ2v) is 5.13. The van der Waals surface area contributed by atoms with Crippen molar-refractivity contribution in [3.63, 3.8) is 0 Å². The lowest BCUT2D eigenvalue weighted by atomic mass is 10.2. The molecular formula is C14H17N3O2. The number of rotatable bonds is 5. The number of benzene rings is 1. The first kappa shape index (κ1) is 12.2. The van der Waals surface area contributed by atoms with Crippen LogP contribution in [0, 0.1) is 0 Å². The fourth-order valence-corrected chi connectivity index (χ4v) is 2.43. The molecule has 0 spiro atoms. The van der Waals surface area contributed by atoms with Gasteiger partial charge in [0.05, 0.1) is 22.9 Å². The molecule has 0 radical (unpaired) electrons. The van der Waals surface area contributed by atoms with Crippen molar-refractivity contribution in [1.82, 2.24) is 14.5 Å². The normalized spacial score (nSPS) is 15.3. The van der Waals surface area contributed by atoms with Crippen LogP contribution >= 0.6 is 0 Å². The van der Waals surface area contributed by atoms with Crippen molar-refractivity contribution in [2.45, 2.75) is 25.4 Å². The van der Waals surface area contributed by atoms with E-state index in [9.17, 15) is 9.90 Å². The zero-order chi connectivity index (χ0) is 13.4. The fraction of sp³-hybridized carbons (Fsp3) is 0.429. The Morgan fingerprint density at radius 3 is 3.00 bits per heavy atom. The predicted molar refractivity (Wildman–Crippen MR) is 72.3 cm³/mol. The number of hydrogen-bond donors (Lipinski definition) is 1. The van der Waals surface area contributed by atoms with Gasteiger partial charge in [-0.1, -0.05) is 6.07 Å². The topological polar surface area (TPSA) is 58.4 Å². The fourth-order valence-electron chi connectivity index (χ4n) is 2.43. The van der Waals surface area contributed by atoms with Crippen LogP contribution in [0.5, 0.6) is 0 Å². The molecule has 0 bridgehead atoms. The summed E-state index contributed by atoms with van der Waals surface area (Å²) in [7, 11) is 2.12. The molecule has 1 heterocycles. The predicted octanol–water partition coefficient (Wildman–Crippen LogP) is 1.83. The van der Waals surface area contributed by atoms with E-state index in [1.807, 2.05) is 10.6 Å². The molecule has 5 heteroatoms. The van der Waals surface area contributed by atoms with Gasteiger partial charge in [0.15, 0.2) is 0 Å². The van der Waals surface area contributed by atoms with E-state index in [1.165, 1.54) is 12.8 Å². The van der Waals surface area contributed by atoms with E-state index >= 15 is 0 Å². The molecule has 100 valence electrons. The van der Waals surface area contributed by atoms with Crippen molar-refractivity contribution in [3.05, 3.63) is 30.1 Å². The molecule has 1 saturated carbocycles. The van der Waals surface area contributed by atoms with Crippen molar-refractivity contribution in [1.29, 1.82) is 0 Å². The average Bonchev–Trinajstić information content (AvgIpc) is 3.16. The molecule has 0 saturated heterocycles. The number of imidazole rings is 1. The van der Waals surface area contributed by atoms with Crippen molar-refractivity contribution < 1.29 is 9.90 Å². The minimum absolute atomic E-state index is 0.323. The number of hydrogen-bond acceptors (Lipinski definition) is 3. The van der Waals surface area contributed by atoms with E-state index in [1.54, 1.807) is 18.5 Å². The first-order chi connectivity index (χ1) is 9.16. The number of fused-ring (bicyclic) bond motifs is 1. The minimum Gasteiger partial charge on any atom is -0.478 e. The second kappa shape index (κ2) is 4.66. The Morgan fingerprint density at radius 1 is 1.53 bits per heavy atom. The third-order valence-corrected chi connectivity index (χ3v) is 3.73. The first-order valence-electron chi connectivity index (χ1n) is 6.54. The summed E-state index contributed by atoms with van der Waals surface area (Å²) in [5, 5.41) is 9.25. The molecule has 3 rings (SSSR count). The van der Waals surface area contributed by atoms with Crippen LogP contribution in [0.4, 0.5) is 0 Å². The van der Waals surface area contributed by atoms with Crippen LogP contribution in [0.1, 0.15) is 23.2 Å². The summed E-state index contributed by atoms with van der Waals surface area (Å²) < 4.78 is 1.94. The number of carbonyl (C=O) groups is 1. The number of nitrogens with zero attached hydrogens (tertiary/aromatic N) is 3. The van der Waals surface area contributed by atoms with Gasteiger partial charge in [0, 0.05) is 19.1 Å². The number of aromatic carboxylic acids is 1. The average molecular weight is 259 g/mol. The number of para-hydroxylation sites is 1. The Labute approximate surface area is 111 Å². The van der Waals surface area contributed by atoms with E-state index in [0.717, 1.165) is 24.1 Å². The summed E-state index contributed by atoms with van der Waals surface area (Å²) in [6, 6.07) is 5.93. The van der Waals surface area contributed by atoms with Crippen molar-refractivity contribution in [3.8, 4) is 0 Å². The molecule has 1 aliphatic carbocycles. The quantitative estimate of drug-likeness (QED) is 0.890. The minimum atomic E-state index is -0.900. The van der Waals surface area contributed by atoms with Crippen LogP contribution < -0.4 is 0 Å². The highest BCUT2D eigenvalue weighted by molar-refractivity contribution is 6.01. The first-order valence-corrected chi connectivity index (χ1v) is 6.54. The lowest BCUT2D eigenvalue weighted by Crippen LogP contribution is -2.25. The Kier molecular flexibility index (Phi) is 2.98. The van der Waals surface area contributed by atoms with Gasteiger partial charge in [0.1, 0.15) is 0 Å². The van der Waals surface area contributed by atoms with Gasteiger partial charge in [-0.2, -0.15) is 0 Å². The maximum absolute atomic E-state index is 11.3. The molecule has 19 heavy (non-hydrogen) atoms. The summed E-state index contributed by atoms with van der Waals surface area (Å²) in [5.74, 6) is -0.900. The number of carboxylic acid groups (broad SMARTS) is 1. The maximum atomic E-state index is 11.3. The molecule has 0 unspecified atom stereocenters. The molecule has 0 amide bonds. The molecule has 1 aromatic heterocycles. The van der Waals surface area contributed by atoms with Crippen LogP contribution in [0.25, 0.3) is 11.0 Å². The van der Waals surface area contributed by atoms with Crippen LogP contribution in [-0.4, -0.2) is 45.2 Å². The Hall–Kier alpha value is -1.88. The molecule has 1 fully saturated rings. The highest BCUT2D eigenvalue weighted by atomic mass is 16.4. The van der Waals surface area contributed by atoms with Crippen molar-refractivity contribution >= 4 is 17.0 Å². The number of likely N-dealkylation sites (N-methyl/N-ethyl adjacent to an activating group) is 1. The largest absolute Gasteiger partial charge is 0.478 e. The Balaban J connectivity index is 1.88. The zero-order valence-corrected chi connectivity index (χ0v) is 10.9. The Bertz CT molecular complexity index is 616. The highest BCUT2D eigenvalue weighted by Crippen LogP contribution is 2.25. The van der Waals surface area contributed by atoms with Crippen LogP contribution in [0.3, 0.4) is 0 Å². The second-order valence-electron chi connectivity index (χ2n) is 5.13. The molecule has 1 aliphatic rings. The third kappa shape index (κ3) is 2.33. The van der Waals surface area contributed by atoms with E-state index in [-0.39, 0.29) is 0 Å². The van der Waals surface area contributed by atoms with Gasteiger partial charge in [-0.25, -0.2) is 9.78 Å². The van der Waals surface area contributed by atoms with E-state index in [0.29, 0.717) is 11.6 Å². The van der Waals surface area contributed by atoms with Gasteiger partial charge < -0.3 is 14.6 Å². The van der Waals surface area contributed by atoms with Gasteiger partial charge in [-0.15, -0.1) is 0 Å². The SMILES string of the molecule is CN(CCn1cnc2cccc(C(=O)O)c21)C1CC1. The zero-order valence-electron chi connectivity index (χ0n) is 10.9. The number of aromatic nitrogens is 2. The van der Waals surface area contributed by atoms with Crippen LogP contribution in [-0.2, 0) is 6.54 Å². The van der Waals surface area contributed by atoms with Gasteiger partial charge in [0.25, 0.3) is 0 Å². The van der Waals surface area contributed by atoms with Gasteiger partial charge in [0.2, 0.25) is 0 Å². The molecule has 0 aliphatic heterocycles. The number of carboxylic acids is 1. The maximum Gasteiger partial charge on any atom is 0.337 e. The lowest BCUT2D eigenvalue weighted by Gasteiger charge is -2.16. The van der Waals surface area contributed by atoms with Gasteiger partial charge in [-0.3, -0.25) is 0 Å².